The highest BCUT2D eigenvalue weighted by Crippen LogP contribution is 2.29. The molecule has 112 valence electrons. The van der Waals surface area contributed by atoms with Gasteiger partial charge in [0.25, 0.3) is 0 Å². The van der Waals surface area contributed by atoms with Gasteiger partial charge in [-0.15, -0.1) is 0 Å². The molecule has 0 radical (unpaired) electrons. The van der Waals surface area contributed by atoms with Crippen molar-refractivity contribution in [3.63, 3.8) is 0 Å². The standard InChI is InChI=1S/C13H27NO4Si/c1-8-12(15)14(7)13(5,6)19(16-9-2,17-10-3)18-11-4/h8H,1,9-11H2,2-7H3. The van der Waals surface area contributed by atoms with Gasteiger partial charge in [0.15, 0.2) is 0 Å². The van der Waals surface area contributed by atoms with Crippen molar-refractivity contribution in [2.45, 2.75) is 39.8 Å². The Labute approximate surface area is 117 Å². The third-order valence-corrected chi connectivity index (χ3v) is 6.94. The largest absolute Gasteiger partial charge is 0.527 e. The average Bonchev–Trinajstić information content (AvgIpc) is 2.37. The lowest BCUT2D eigenvalue weighted by atomic mass is 10.3. The molecule has 1 amide bonds. The molecule has 0 aromatic carbocycles. The van der Waals surface area contributed by atoms with Gasteiger partial charge in [-0.05, 0) is 40.7 Å². The molecule has 19 heavy (non-hydrogen) atoms. The molecule has 0 saturated carbocycles. The van der Waals surface area contributed by atoms with E-state index < -0.39 is 14.0 Å². The van der Waals surface area contributed by atoms with Gasteiger partial charge in [0.05, 0.1) is 0 Å². The molecule has 0 aliphatic heterocycles. The van der Waals surface area contributed by atoms with Gasteiger partial charge < -0.3 is 18.2 Å². The van der Waals surface area contributed by atoms with Crippen LogP contribution in [-0.4, -0.2) is 51.6 Å². The van der Waals surface area contributed by atoms with E-state index in [1.54, 1.807) is 11.9 Å². The summed E-state index contributed by atoms with van der Waals surface area (Å²) in [5.74, 6) is -0.180. The maximum Gasteiger partial charge on any atom is 0.527 e. The van der Waals surface area contributed by atoms with E-state index in [-0.39, 0.29) is 5.91 Å². The number of rotatable bonds is 9. The Bertz CT molecular complexity index is 290. The van der Waals surface area contributed by atoms with E-state index in [2.05, 4.69) is 6.58 Å². The molecule has 0 bridgehead atoms. The minimum Gasteiger partial charge on any atom is -0.372 e. The summed E-state index contributed by atoms with van der Waals surface area (Å²) in [4.78, 5) is 13.5. The maximum absolute atomic E-state index is 11.9. The first-order valence-electron chi connectivity index (χ1n) is 6.65. The fourth-order valence-corrected chi connectivity index (χ4v) is 4.81. The molecule has 0 saturated heterocycles. The van der Waals surface area contributed by atoms with E-state index in [0.29, 0.717) is 19.8 Å². The number of nitrogens with zero attached hydrogens (tertiary/aromatic N) is 1. The summed E-state index contributed by atoms with van der Waals surface area (Å²) in [5, 5.41) is -0.666. The van der Waals surface area contributed by atoms with Crippen LogP contribution in [0.3, 0.4) is 0 Å². The van der Waals surface area contributed by atoms with Gasteiger partial charge in [-0.25, -0.2) is 0 Å². The number of amides is 1. The number of hydrogen-bond acceptors (Lipinski definition) is 4. The van der Waals surface area contributed by atoms with Crippen LogP contribution in [0.1, 0.15) is 34.6 Å². The molecular weight excluding hydrogens is 262 g/mol. The predicted molar refractivity (Wildman–Crippen MR) is 77.7 cm³/mol. The van der Waals surface area contributed by atoms with Crippen molar-refractivity contribution in [1.29, 1.82) is 0 Å². The molecule has 0 aliphatic carbocycles. The molecule has 0 fully saturated rings. The van der Waals surface area contributed by atoms with Crippen LogP contribution in [0.5, 0.6) is 0 Å². The van der Waals surface area contributed by atoms with E-state index in [9.17, 15) is 4.79 Å². The van der Waals surface area contributed by atoms with E-state index >= 15 is 0 Å². The van der Waals surface area contributed by atoms with Gasteiger partial charge >= 0.3 is 8.80 Å². The van der Waals surface area contributed by atoms with Crippen LogP contribution in [0.15, 0.2) is 12.7 Å². The molecule has 0 aliphatic rings. The zero-order valence-corrected chi connectivity index (χ0v) is 14.0. The van der Waals surface area contributed by atoms with Crippen LogP contribution >= 0.6 is 0 Å². The normalized spacial score (nSPS) is 12.3. The smallest absolute Gasteiger partial charge is 0.372 e. The maximum atomic E-state index is 11.9. The SMILES string of the molecule is C=CC(=O)N(C)C(C)(C)[Si](OCC)(OCC)OCC. The number of carbonyl (C=O) groups is 1. The van der Waals surface area contributed by atoms with Crippen LogP contribution < -0.4 is 0 Å². The summed E-state index contributed by atoms with van der Waals surface area (Å²) in [6.07, 6.45) is 1.28. The topological polar surface area (TPSA) is 48.0 Å². The van der Waals surface area contributed by atoms with Crippen molar-refractivity contribution in [2.75, 3.05) is 26.9 Å². The monoisotopic (exact) mass is 289 g/mol. The van der Waals surface area contributed by atoms with Gasteiger partial charge in [0, 0.05) is 26.9 Å². The molecule has 0 atom stereocenters. The highest BCUT2D eigenvalue weighted by Gasteiger charge is 2.58. The first-order chi connectivity index (χ1) is 8.82. The molecule has 0 spiro atoms. The number of likely N-dealkylation sites (N-methyl/N-ethyl adjacent to an activating group) is 1. The van der Waals surface area contributed by atoms with Crippen molar-refractivity contribution in [3.8, 4) is 0 Å². The van der Waals surface area contributed by atoms with Gasteiger partial charge in [0.1, 0.15) is 5.16 Å². The second kappa shape index (κ2) is 7.79. The first-order valence-corrected chi connectivity index (χ1v) is 8.37. The molecule has 5 nitrogen and oxygen atoms in total. The van der Waals surface area contributed by atoms with Crippen molar-refractivity contribution in [2.24, 2.45) is 0 Å². The van der Waals surface area contributed by atoms with Crippen molar-refractivity contribution in [1.82, 2.24) is 4.90 Å². The molecular formula is C13H27NO4Si. The minimum atomic E-state index is -3.01. The summed E-state index contributed by atoms with van der Waals surface area (Å²) < 4.78 is 17.6. The lowest BCUT2D eigenvalue weighted by Gasteiger charge is -2.45. The average molecular weight is 289 g/mol. The molecule has 0 aromatic heterocycles. The highest BCUT2D eigenvalue weighted by molar-refractivity contribution is 6.64. The molecule has 6 heteroatoms. The van der Waals surface area contributed by atoms with Gasteiger partial charge in [-0.1, -0.05) is 6.58 Å². The first kappa shape index (κ1) is 18.3. The molecule has 0 rings (SSSR count). The lowest BCUT2D eigenvalue weighted by Crippen LogP contribution is -2.69. The highest BCUT2D eigenvalue weighted by atomic mass is 28.4. The Kier molecular flexibility index (Phi) is 7.51. The van der Waals surface area contributed by atoms with E-state index in [0.717, 1.165) is 0 Å². The zero-order chi connectivity index (χ0) is 15.1. The fraction of sp³-hybridized carbons (Fsp3) is 0.769. The summed E-state index contributed by atoms with van der Waals surface area (Å²) >= 11 is 0. The molecule has 0 aromatic rings. The Morgan fingerprint density at radius 1 is 1.16 bits per heavy atom. The van der Waals surface area contributed by atoms with Gasteiger partial charge in [-0.2, -0.15) is 0 Å². The summed E-state index contributed by atoms with van der Waals surface area (Å²) in [5.41, 5.74) is 0. The minimum absolute atomic E-state index is 0.180. The summed E-state index contributed by atoms with van der Waals surface area (Å²) in [7, 11) is -1.30. The lowest BCUT2D eigenvalue weighted by molar-refractivity contribution is -0.129. The Morgan fingerprint density at radius 3 is 1.79 bits per heavy atom. The Morgan fingerprint density at radius 2 is 1.53 bits per heavy atom. The van der Waals surface area contributed by atoms with E-state index in [1.165, 1.54) is 6.08 Å². The zero-order valence-electron chi connectivity index (χ0n) is 13.0. The van der Waals surface area contributed by atoms with Crippen LogP contribution in [0.25, 0.3) is 0 Å². The van der Waals surface area contributed by atoms with Gasteiger partial charge in [0.2, 0.25) is 5.91 Å². The second-order valence-electron chi connectivity index (χ2n) is 4.52. The van der Waals surface area contributed by atoms with Crippen LogP contribution in [0, 0.1) is 0 Å². The quantitative estimate of drug-likeness (QED) is 0.481. The molecule has 0 heterocycles. The number of hydrogen-bond donors (Lipinski definition) is 0. The van der Waals surface area contributed by atoms with Gasteiger partial charge in [-0.3, -0.25) is 4.79 Å². The third kappa shape index (κ3) is 3.89. The van der Waals surface area contributed by atoms with Crippen LogP contribution in [-0.2, 0) is 18.1 Å². The van der Waals surface area contributed by atoms with E-state index in [4.69, 9.17) is 13.3 Å². The van der Waals surface area contributed by atoms with Crippen LogP contribution in [0.2, 0.25) is 0 Å². The second-order valence-corrected chi connectivity index (χ2v) is 7.72. The van der Waals surface area contributed by atoms with Crippen LogP contribution in [0.4, 0.5) is 0 Å². The fourth-order valence-electron chi connectivity index (χ4n) is 1.84. The molecule has 0 unspecified atom stereocenters. The third-order valence-electron chi connectivity index (χ3n) is 3.10. The molecule has 0 N–H and O–H groups in total. The Hall–Kier alpha value is -0.693. The summed E-state index contributed by atoms with van der Waals surface area (Å²) in [6, 6.07) is 0. The van der Waals surface area contributed by atoms with Crippen molar-refractivity contribution < 1.29 is 18.1 Å². The van der Waals surface area contributed by atoms with Crippen molar-refractivity contribution in [3.05, 3.63) is 12.7 Å². The van der Waals surface area contributed by atoms with Crippen molar-refractivity contribution >= 4 is 14.7 Å². The van der Waals surface area contributed by atoms with E-state index in [1.807, 2.05) is 34.6 Å². The Balaban J connectivity index is 5.51. The predicted octanol–water partition coefficient (Wildman–Crippen LogP) is 2.00. The number of carbonyl (C=O) groups excluding carboxylic acids is 1. The summed E-state index contributed by atoms with van der Waals surface area (Å²) in [6.45, 7) is 14.4.